The van der Waals surface area contributed by atoms with Gasteiger partial charge in [-0.2, -0.15) is 0 Å². The number of sulfonamides is 1. The molecule has 0 saturated carbocycles. The molecule has 1 aromatic rings. The molecule has 2 N–H and O–H groups in total. The third kappa shape index (κ3) is 4.33. The molecule has 1 aromatic heterocycles. The molecular weight excluding hydrogens is 264 g/mol. The molecule has 0 fully saturated rings. The van der Waals surface area contributed by atoms with E-state index in [0.29, 0.717) is 12.3 Å². The Hall–Kier alpha value is -0.850. The van der Waals surface area contributed by atoms with Gasteiger partial charge in [-0.1, -0.05) is 20.8 Å². The maximum absolute atomic E-state index is 12.2. The van der Waals surface area contributed by atoms with Crippen molar-refractivity contribution in [2.75, 3.05) is 6.54 Å². The van der Waals surface area contributed by atoms with Crippen molar-refractivity contribution >= 4 is 10.0 Å². The van der Waals surface area contributed by atoms with Crippen LogP contribution in [0.1, 0.15) is 46.3 Å². The topological polar surface area (TPSA) is 71.3 Å². The Bertz CT molecular complexity index is 490. The Morgan fingerprint density at radius 1 is 1.21 bits per heavy atom. The first-order valence-electron chi connectivity index (χ1n) is 6.70. The standard InChI is InChI=1S/C13H24N2O3S/c1-5-13(4,6-2)15-19(16,17)12-9-8-11(18-12)10-14-7-3/h8-9,14-15H,5-7,10H2,1-4H3. The van der Waals surface area contributed by atoms with Gasteiger partial charge in [-0.05, 0) is 38.4 Å². The lowest BCUT2D eigenvalue weighted by Crippen LogP contribution is -2.44. The summed E-state index contributed by atoms with van der Waals surface area (Å²) in [7, 11) is -3.59. The van der Waals surface area contributed by atoms with Gasteiger partial charge in [-0.3, -0.25) is 0 Å². The highest BCUT2D eigenvalue weighted by Crippen LogP contribution is 2.20. The van der Waals surface area contributed by atoms with Crippen LogP contribution < -0.4 is 10.0 Å². The van der Waals surface area contributed by atoms with Crippen LogP contribution in [0.5, 0.6) is 0 Å². The minimum absolute atomic E-state index is 0.0199. The second-order valence-corrected chi connectivity index (χ2v) is 6.49. The Labute approximate surface area is 115 Å². The monoisotopic (exact) mass is 288 g/mol. The van der Waals surface area contributed by atoms with Crippen LogP contribution in [0.25, 0.3) is 0 Å². The second kappa shape index (κ2) is 6.54. The van der Waals surface area contributed by atoms with Gasteiger partial charge in [0.05, 0.1) is 6.54 Å². The minimum Gasteiger partial charge on any atom is -0.447 e. The van der Waals surface area contributed by atoms with Crippen LogP contribution in [-0.4, -0.2) is 20.5 Å². The zero-order valence-electron chi connectivity index (χ0n) is 12.1. The molecule has 1 rings (SSSR count). The molecular formula is C13H24N2O3S. The normalized spacial score (nSPS) is 12.8. The third-order valence-corrected chi connectivity index (χ3v) is 4.90. The third-order valence-electron chi connectivity index (χ3n) is 3.39. The van der Waals surface area contributed by atoms with E-state index in [1.54, 1.807) is 6.07 Å². The van der Waals surface area contributed by atoms with Crippen LogP contribution in [-0.2, 0) is 16.6 Å². The molecule has 0 saturated heterocycles. The maximum atomic E-state index is 12.2. The summed E-state index contributed by atoms with van der Waals surface area (Å²) in [5.41, 5.74) is -0.437. The van der Waals surface area contributed by atoms with Crippen LogP contribution in [0.15, 0.2) is 21.6 Å². The van der Waals surface area contributed by atoms with Crippen LogP contribution in [0.4, 0.5) is 0 Å². The quantitative estimate of drug-likeness (QED) is 0.769. The maximum Gasteiger partial charge on any atom is 0.274 e. The second-order valence-electron chi connectivity index (χ2n) is 4.87. The molecule has 0 radical (unpaired) electrons. The lowest BCUT2D eigenvalue weighted by atomic mass is 9.98. The molecule has 1 heterocycles. The molecule has 0 aliphatic heterocycles. The zero-order chi connectivity index (χ0) is 14.5. The van der Waals surface area contributed by atoms with Crippen molar-refractivity contribution in [1.82, 2.24) is 10.0 Å². The first-order valence-corrected chi connectivity index (χ1v) is 8.18. The summed E-state index contributed by atoms with van der Waals surface area (Å²) in [6.45, 7) is 9.15. The fourth-order valence-corrected chi connectivity index (χ4v) is 3.12. The SMILES string of the molecule is CCNCc1ccc(S(=O)(=O)NC(C)(CC)CC)o1. The van der Waals surface area contributed by atoms with Crippen molar-refractivity contribution in [3.05, 3.63) is 17.9 Å². The summed E-state index contributed by atoms with van der Waals surface area (Å²) >= 11 is 0. The summed E-state index contributed by atoms with van der Waals surface area (Å²) in [6, 6.07) is 3.19. The van der Waals surface area contributed by atoms with Gasteiger partial charge < -0.3 is 9.73 Å². The van der Waals surface area contributed by atoms with Gasteiger partial charge in [0.2, 0.25) is 5.09 Å². The molecule has 0 aliphatic rings. The van der Waals surface area contributed by atoms with E-state index in [1.165, 1.54) is 6.07 Å². The molecule has 0 aromatic carbocycles. The van der Waals surface area contributed by atoms with E-state index in [4.69, 9.17) is 4.42 Å². The Morgan fingerprint density at radius 2 is 1.84 bits per heavy atom. The van der Waals surface area contributed by atoms with Gasteiger partial charge in [0.25, 0.3) is 10.0 Å². The molecule has 19 heavy (non-hydrogen) atoms. The number of nitrogens with one attached hydrogen (secondary N) is 2. The van der Waals surface area contributed by atoms with Crippen molar-refractivity contribution < 1.29 is 12.8 Å². The first-order chi connectivity index (χ1) is 8.87. The lowest BCUT2D eigenvalue weighted by molar-refractivity contribution is 0.367. The first kappa shape index (κ1) is 16.2. The van der Waals surface area contributed by atoms with Crippen molar-refractivity contribution in [3.63, 3.8) is 0 Å². The van der Waals surface area contributed by atoms with Crippen molar-refractivity contribution in [2.45, 2.75) is 57.7 Å². The Kier molecular flexibility index (Phi) is 5.58. The van der Waals surface area contributed by atoms with Crippen molar-refractivity contribution in [3.8, 4) is 0 Å². The highest BCUT2D eigenvalue weighted by molar-refractivity contribution is 7.89. The molecule has 0 amide bonds. The number of furan rings is 1. The average Bonchev–Trinajstić information content (AvgIpc) is 2.85. The summed E-state index contributed by atoms with van der Waals surface area (Å²) in [5, 5.41) is 3.07. The lowest BCUT2D eigenvalue weighted by Gasteiger charge is -2.27. The van der Waals surface area contributed by atoms with Gasteiger partial charge in [0, 0.05) is 5.54 Å². The van der Waals surface area contributed by atoms with E-state index in [2.05, 4.69) is 10.0 Å². The predicted octanol–water partition coefficient (Wildman–Crippen LogP) is 2.25. The van der Waals surface area contributed by atoms with Crippen LogP contribution >= 0.6 is 0 Å². The number of rotatable bonds is 8. The van der Waals surface area contributed by atoms with Crippen molar-refractivity contribution in [2.24, 2.45) is 0 Å². The fraction of sp³-hybridized carbons (Fsp3) is 0.692. The summed E-state index contributed by atoms with van der Waals surface area (Å²) < 4.78 is 32.5. The molecule has 0 bridgehead atoms. The molecule has 0 unspecified atom stereocenters. The van der Waals surface area contributed by atoms with Gasteiger partial charge >= 0.3 is 0 Å². The van der Waals surface area contributed by atoms with E-state index >= 15 is 0 Å². The number of hydrogen-bond acceptors (Lipinski definition) is 4. The summed E-state index contributed by atoms with van der Waals surface area (Å²) in [6.07, 6.45) is 1.46. The summed E-state index contributed by atoms with van der Waals surface area (Å²) in [5.74, 6) is 0.622. The highest BCUT2D eigenvalue weighted by Gasteiger charge is 2.29. The van der Waals surface area contributed by atoms with E-state index in [1.807, 2.05) is 27.7 Å². The fourth-order valence-electron chi connectivity index (χ4n) is 1.61. The van der Waals surface area contributed by atoms with Gasteiger partial charge in [-0.15, -0.1) is 0 Å². The molecule has 0 atom stereocenters. The van der Waals surface area contributed by atoms with Gasteiger partial charge in [0.15, 0.2) is 0 Å². The molecule has 0 spiro atoms. The highest BCUT2D eigenvalue weighted by atomic mass is 32.2. The predicted molar refractivity (Wildman–Crippen MR) is 75.4 cm³/mol. The smallest absolute Gasteiger partial charge is 0.274 e. The molecule has 5 nitrogen and oxygen atoms in total. The Morgan fingerprint density at radius 3 is 2.37 bits per heavy atom. The zero-order valence-corrected chi connectivity index (χ0v) is 12.9. The van der Waals surface area contributed by atoms with Gasteiger partial charge in [0.1, 0.15) is 5.76 Å². The van der Waals surface area contributed by atoms with Crippen molar-refractivity contribution in [1.29, 1.82) is 0 Å². The van der Waals surface area contributed by atoms with E-state index in [-0.39, 0.29) is 5.09 Å². The molecule has 6 heteroatoms. The van der Waals surface area contributed by atoms with Crippen LogP contribution in [0, 0.1) is 0 Å². The minimum atomic E-state index is -3.59. The van der Waals surface area contributed by atoms with E-state index in [9.17, 15) is 8.42 Å². The molecule has 0 aliphatic carbocycles. The summed E-state index contributed by atoms with van der Waals surface area (Å²) in [4.78, 5) is 0. The van der Waals surface area contributed by atoms with Crippen LogP contribution in [0.3, 0.4) is 0 Å². The Balaban J connectivity index is 2.85. The van der Waals surface area contributed by atoms with Gasteiger partial charge in [-0.25, -0.2) is 13.1 Å². The van der Waals surface area contributed by atoms with Crippen LogP contribution in [0.2, 0.25) is 0 Å². The largest absolute Gasteiger partial charge is 0.447 e. The number of hydrogen-bond donors (Lipinski definition) is 2. The van der Waals surface area contributed by atoms with E-state index in [0.717, 1.165) is 19.4 Å². The molecule has 110 valence electrons. The van der Waals surface area contributed by atoms with E-state index < -0.39 is 15.6 Å². The average molecular weight is 288 g/mol.